The molecule has 6 nitrogen and oxygen atoms in total. The molecule has 2 aromatic rings. The SMILES string of the molecule is C[C@@H](OC(=O)c1cc(Cl)ccc1[N+](=O)[O-])C(=O)c1ccc2c(c1)CCC2. The minimum Gasteiger partial charge on any atom is -0.450 e. The molecule has 1 aliphatic rings. The van der Waals surface area contributed by atoms with E-state index in [1.807, 2.05) is 12.1 Å². The molecule has 1 atom stereocenters. The van der Waals surface area contributed by atoms with Gasteiger partial charge < -0.3 is 4.74 Å². The van der Waals surface area contributed by atoms with Gasteiger partial charge in [0.05, 0.1) is 4.92 Å². The number of nitro groups is 1. The summed E-state index contributed by atoms with van der Waals surface area (Å²) in [6.45, 7) is 1.45. The Labute approximate surface area is 154 Å². The number of ketones is 1. The van der Waals surface area contributed by atoms with Crippen LogP contribution in [0.5, 0.6) is 0 Å². The number of hydrogen-bond acceptors (Lipinski definition) is 5. The number of halogens is 1. The number of Topliss-reactive ketones (excluding diaryl/α,β-unsaturated/α-hetero) is 1. The van der Waals surface area contributed by atoms with Crippen LogP contribution in [-0.4, -0.2) is 22.8 Å². The van der Waals surface area contributed by atoms with Crippen LogP contribution in [0.3, 0.4) is 0 Å². The fourth-order valence-corrected chi connectivity index (χ4v) is 3.24. The van der Waals surface area contributed by atoms with Crippen LogP contribution in [-0.2, 0) is 17.6 Å². The van der Waals surface area contributed by atoms with E-state index in [9.17, 15) is 19.7 Å². The number of nitro benzene ring substituents is 1. The highest BCUT2D eigenvalue weighted by atomic mass is 35.5. The molecular weight excluding hydrogens is 358 g/mol. The summed E-state index contributed by atoms with van der Waals surface area (Å²) in [4.78, 5) is 35.3. The van der Waals surface area contributed by atoms with Crippen LogP contribution in [0.25, 0.3) is 0 Å². The van der Waals surface area contributed by atoms with Crippen molar-refractivity contribution in [3.05, 3.63) is 73.8 Å². The van der Waals surface area contributed by atoms with E-state index in [1.165, 1.54) is 18.6 Å². The zero-order valence-electron chi connectivity index (χ0n) is 14.0. The van der Waals surface area contributed by atoms with Crippen LogP contribution < -0.4 is 0 Å². The second-order valence-electron chi connectivity index (χ2n) is 6.17. The Bertz CT molecular complexity index is 909. The quantitative estimate of drug-likeness (QED) is 0.340. The molecule has 0 spiro atoms. The van der Waals surface area contributed by atoms with Crippen LogP contribution in [0, 0.1) is 10.1 Å². The Kier molecular flexibility index (Phi) is 5.04. The predicted molar refractivity (Wildman–Crippen MR) is 95.8 cm³/mol. The van der Waals surface area contributed by atoms with Crippen LogP contribution in [0.1, 0.15) is 45.2 Å². The molecule has 0 N–H and O–H groups in total. The van der Waals surface area contributed by atoms with Gasteiger partial charge in [-0.3, -0.25) is 14.9 Å². The summed E-state index contributed by atoms with van der Waals surface area (Å²) in [5.74, 6) is -1.31. The number of fused-ring (bicyclic) bond motifs is 1. The zero-order chi connectivity index (χ0) is 18.8. The van der Waals surface area contributed by atoms with E-state index < -0.39 is 22.7 Å². The van der Waals surface area contributed by atoms with E-state index in [2.05, 4.69) is 0 Å². The molecule has 0 aliphatic heterocycles. The third-order valence-electron chi connectivity index (χ3n) is 4.41. The van der Waals surface area contributed by atoms with Crippen molar-refractivity contribution in [1.82, 2.24) is 0 Å². The Balaban J connectivity index is 1.78. The molecule has 3 rings (SSSR count). The zero-order valence-corrected chi connectivity index (χ0v) is 14.8. The summed E-state index contributed by atoms with van der Waals surface area (Å²) >= 11 is 5.82. The second kappa shape index (κ2) is 7.25. The number of aryl methyl sites for hydroxylation is 2. The van der Waals surface area contributed by atoms with Gasteiger partial charge in [0.15, 0.2) is 6.10 Å². The van der Waals surface area contributed by atoms with Crippen molar-refractivity contribution in [3.8, 4) is 0 Å². The molecule has 0 fully saturated rings. The van der Waals surface area contributed by atoms with Crippen molar-refractivity contribution < 1.29 is 19.2 Å². The first-order valence-corrected chi connectivity index (χ1v) is 8.55. The maximum atomic E-state index is 12.6. The maximum Gasteiger partial charge on any atom is 0.345 e. The highest BCUT2D eigenvalue weighted by molar-refractivity contribution is 6.31. The first-order valence-electron chi connectivity index (χ1n) is 8.18. The third-order valence-corrected chi connectivity index (χ3v) is 4.65. The lowest BCUT2D eigenvalue weighted by molar-refractivity contribution is -0.385. The summed E-state index contributed by atoms with van der Waals surface area (Å²) in [5, 5.41) is 11.2. The van der Waals surface area contributed by atoms with Crippen molar-refractivity contribution in [3.63, 3.8) is 0 Å². The summed E-state index contributed by atoms with van der Waals surface area (Å²) in [6, 6.07) is 9.08. The summed E-state index contributed by atoms with van der Waals surface area (Å²) in [7, 11) is 0. The second-order valence-corrected chi connectivity index (χ2v) is 6.60. The van der Waals surface area contributed by atoms with Crippen LogP contribution in [0.2, 0.25) is 5.02 Å². The van der Waals surface area contributed by atoms with Gasteiger partial charge in [0.2, 0.25) is 5.78 Å². The van der Waals surface area contributed by atoms with Gasteiger partial charge in [0.1, 0.15) is 5.56 Å². The first-order chi connectivity index (χ1) is 12.4. The smallest absolute Gasteiger partial charge is 0.345 e. The number of esters is 1. The van der Waals surface area contributed by atoms with Crippen LogP contribution in [0.4, 0.5) is 5.69 Å². The molecule has 26 heavy (non-hydrogen) atoms. The third kappa shape index (κ3) is 3.60. The fourth-order valence-electron chi connectivity index (χ4n) is 3.07. The molecule has 134 valence electrons. The lowest BCUT2D eigenvalue weighted by Gasteiger charge is -2.13. The van der Waals surface area contributed by atoms with Gasteiger partial charge in [-0.1, -0.05) is 23.7 Å². The van der Waals surface area contributed by atoms with Gasteiger partial charge in [-0.15, -0.1) is 0 Å². The van der Waals surface area contributed by atoms with Gasteiger partial charge in [0, 0.05) is 16.7 Å². The molecule has 0 radical (unpaired) electrons. The summed E-state index contributed by atoms with van der Waals surface area (Å²) < 4.78 is 5.17. The number of carbonyl (C=O) groups excluding carboxylic acids is 2. The van der Waals surface area contributed by atoms with Gasteiger partial charge >= 0.3 is 5.97 Å². The highest BCUT2D eigenvalue weighted by Crippen LogP contribution is 2.26. The molecule has 7 heteroatoms. The first kappa shape index (κ1) is 18.1. The normalized spacial score (nSPS) is 13.8. The fraction of sp³-hybridized carbons (Fsp3) is 0.263. The van der Waals surface area contributed by atoms with E-state index in [0.717, 1.165) is 37.0 Å². The lowest BCUT2D eigenvalue weighted by Crippen LogP contribution is -2.25. The van der Waals surface area contributed by atoms with Crippen molar-refractivity contribution in [2.75, 3.05) is 0 Å². The Hall–Kier alpha value is -2.73. The number of nitrogens with zero attached hydrogens (tertiary/aromatic N) is 1. The van der Waals surface area contributed by atoms with E-state index in [-0.39, 0.29) is 16.4 Å². The van der Waals surface area contributed by atoms with E-state index in [1.54, 1.807) is 6.07 Å². The average Bonchev–Trinajstić information content (AvgIpc) is 3.08. The molecule has 2 aromatic carbocycles. The van der Waals surface area contributed by atoms with Gasteiger partial charge in [-0.2, -0.15) is 0 Å². The molecule has 0 heterocycles. The highest BCUT2D eigenvalue weighted by Gasteiger charge is 2.26. The average molecular weight is 374 g/mol. The van der Waals surface area contributed by atoms with Crippen LogP contribution in [0.15, 0.2) is 36.4 Å². The predicted octanol–water partition coefficient (Wildman–Crippen LogP) is 4.17. The number of ether oxygens (including phenoxy) is 1. The largest absolute Gasteiger partial charge is 0.450 e. The minimum atomic E-state index is -1.07. The Morgan fingerprint density at radius 1 is 1.15 bits per heavy atom. The van der Waals surface area contributed by atoms with E-state index >= 15 is 0 Å². The topological polar surface area (TPSA) is 86.5 Å². The number of carbonyl (C=O) groups is 2. The van der Waals surface area contributed by atoms with Gasteiger partial charge in [-0.25, -0.2) is 4.79 Å². The number of rotatable bonds is 5. The molecule has 0 aromatic heterocycles. The summed E-state index contributed by atoms with van der Waals surface area (Å²) in [5.41, 5.74) is 2.14. The number of benzene rings is 2. The molecule has 0 unspecified atom stereocenters. The lowest BCUT2D eigenvalue weighted by atomic mass is 10.0. The maximum absolute atomic E-state index is 12.6. The van der Waals surface area contributed by atoms with Crippen molar-refractivity contribution in [2.45, 2.75) is 32.3 Å². The van der Waals surface area contributed by atoms with Gasteiger partial charge in [0.25, 0.3) is 5.69 Å². The van der Waals surface area contributed by atoms with Crippen molar-refractivity contribution >= 4 is 29.0 Å². The Morgan fingerprint density at radius 3 is 2.62 bits per heavy atom. The molecular formula is C19H16ClNO5. The number of hydrogen-bond donors (Lipinski definition) is 0. The van der Waals surface area contributed by atoms with Gasteiger partial charge in [-0.05, 0) is 55.5 Å². The Morgan fingerprint density at radius 2 is 1.88 bits per heavy atom. The minimum absolute atomic E-state index is 0.167. The molecule has 0 saturated heterocycles. The standard InChI is InChI=1S/C19H16ClNO5/c1-11(18(22)14-6-5-12-3-2-4-13(12)9-14)26-19(23)16-10-15(20)7-8-17(16)21(24)25/h5-11H,2-4H2,1H3/t11-/m1/s1. The van der Waals surface area contributed by atoms with Crippen molar-refractivity contribution in [2.24, 2.45) is 0 Å². The van der Waals surface area contributed by atoms with E-state index in [0.29, 0.717) is 5.56 Å². The monoisotopic (exact) mass is 373 g/mol. The molecule has 0 bridgehead atoms. The summed E-state index contributed by atoms with van der Waals surface area (Å²) in [6.07, 6.45) is 1.93. The van der Waals surface area contributed by atoms with Crippen LogP contribution >= 0.6 is 11.6 Å². The molecule has 1 aliphatic carbocycles. The van der Waals surface area contributed by atoms with Crippen molar-refractivity contribution in [1.29, 1.82) is 0 Å². The van der Waals surface area contributed by atoms with E-state index in [4.69, 9.17) is 16.3 Å². The molecule has 0 amide bonds. The molecule has 0 saturated carbocycles.